The molecule has 0 saturated heterocycles. The Bertz CT molecular complexity index is 923. The van der Waals surface area contributed by atoms with Crippen molar-refractivity contribution in [1.29, 1.82) is 0 Å². The van der Waals surface area contributed by atoms with Crippen molar-refractivity contribution in [1.82, 2.24) is 19.5 Å². The molecular formula is C15H21IN5O4P. The number of nitrogens with two attached hydrogens (primary N) is 1. The number of anilines is 1. The normalized spacial score (nSPS) is 35.4. The molecule has 2 aromatic heterocycles. The summed E-state index contributed by atoms with van der Waals surface area (Å²) >= 11 is 1.98. The maximum Gasteiger partial charge on any atom is 0.200 e. The highest BCUT2D eigenvalue weighted by Crippen LogP contribution is 2.72. The number of hydrogen-bond donors (Lipinski definition) is 3. The molecule has 11 heteroatoms. The molecule has 2 saturated carbocycles. The van der Waals surface area contributed by atoms with Gasteiger partial charge in [0, 0.05) is 40.8 Å². The summed E-state index contributed by atoms with van der Waals surface area (Å²) in [5.41, 5.74) is 6.34. The number of fused-ring (bicyclic) bond motifs is 2. The predicted molar refractivity (Wildman–Crippen MR) is 104 cm³/mol. The van der Waals surface area contributed by atoms with Gasteiger partial charge in [0.05, 0.1) is 25.1 Å². The van der Waals surface area contributed by atoms with E-state index in [0.717, 1.165) is 0 Å². The van der Waals surface area contributed by atoms with E-state index in [9.17, 15) is 14.8 Å². The molecule has 0 aromatic carbocycles. The highest BCUT2D eigenvalue weighted by Gasteiger charge is 2.72. The van der Waals surface area contributed by atoms with Gasteiger partial charge in [0.25, 0.3) is 0 Å². The molecule has 2 fully saturated rings. The lowest BCUT2D eigenvalue weighted by atomic mass is 10.0. The van der Waals surface area contributed by atoms with E-state index in [0.29, 0.717) is 28.0 Å². The van der Waals surface area contributed by atoms with E-state index in [2.05, 4.69) is 15.0 Å². The zero-order chi connectivity index (χ0) is 18.9. The van der Waals surface area contributed by atoms with Gasteiger partial charge in [-0.05, 0) is 19.3 Å². The summed E-state index contributed by atoms with van der Waals surface area (Å²) in [5, 5.41) is 21.4. The predicted octanol–water partition coefficient (Wildman–Crippen LogP) is 1.24. The fourth-order valence-corrected chi connectivity index (χ4v) is 7.28. The summed E-state index contributed by atoms with van der Waals surface area (Å²) in [6.45, 7) is 3.75. The van der Waals surface area contributed by atoms with Crippen molar-refractivity contribution in [2.45, 2.75) is 31.6 Å². The lowest BCUT2D eigenvalue weighted by Gasteiger charge is -2.25. The minimum atomic E-state index is -2.84. The number of rotatable bonds is 5. The van der Waals surface area contributed by atoms with E-state index < -0.39 is 31.0 Å². The number of aromatic nitrogens is 4. The molecule has 26 heavy (non-hydrogen) atoms. The van der Waals surface area contributed by atoms with Crippen LogP contribution in [0.5, 0.6) is 0 Å². The molecule has 2 aliphatic carbocycles. The van der Waals surface area contributed by atoms with Crippen LogP contribution in [-0.4, -0.2) is 61.4 Å². The van der Waals surface area contributed by atoms with Crippen molar-refractivity contribution in [3.63, 3.8) is 0 Å². The van der Waals surface area contributed by atoms with Crippen molar-refractivity contribution in [2.24, 2.45) is 11.3 Å². The fraction of sp³-hybridized carbons (Fsp3) is 0.667. The van der Waals surface area contributed by atoms with Crippen molar-refractivity contribution >= 4 is 46.9 Å². The summed E-state index contributed by atoms with van der Waals surface area (Å²) < 4.78 is 20.3. The Labute approximate surface area is 164 Å². The van der Waals surface area contributed by atoms with Gasteiger partial charge in [0.1, 0.15) is 11.6 Å². The van der Waals surface area contributed by atoms with Crippen molar-refractivity contribution in [2.75, 3.05) is 25.2 Å². The topological polar surface area (TPSA) is 136 Å². The van der Waals surface area contributed by atoms with E-state index in [-0.39, 0.29) is 17.9 Å². The Morgan fingerprint density at radius 1 is 1.50 bits per heavy atom. The Morgan fingerprint density at radius 3 is 2.92 bits per heavy atom. The van der Waals surface area contributed by atoms with Crippen LogP contribution < -0.4 is 5.73 Å². The molecule has 9 nitrogen and oxygen atoms in total. The monoisotopic (exact) mass is 493 g/mol. The van der Waals surface area contributed by atoms with Gasteiger partial charge in [0.2, 0.25) is 7.37 Å². The average molecular weight is 493 g/mol. The van der Waals surface area contributed by atoms with Crippen LogP contribution in [0.3, 0.4) is 0 Å². The molecule has 2 heterocycles. The summed E-state index contributed by atoms with van der Waals surface area (Å²) in [4.78, 5) is 12.8. The number of hydrogen-bond acceptors (Lipinski definition) is 8. The third kappa shape index (κ3) is 2.69. The summed E-state index contributed by atoms with van der Waals surface area (Å²) in [6.07, 6.45) is 0.546. The number of imidazole rings is 1. The fourth-order valence-electron chi connectivity index (χ4n) is 4.53. The second kappa shape index (κ2) is 6.10. The van der Waals surface area contributed by atoms with Gasteiger partial charge in [-0.25, -0.2) is 15.0 Å². The average Bonchev–Trinajstić information content (AvgIpc) is 3.00. The Morgan fingerprint density at radius 2 is 2.23 bits per heavy atom. The molecule has 0 bridgehead atoms. The SMILES string of the molecule is CCOP(C)(=O)C[C@]12C[C@@H]1[C@@H](n1cnc3c(N)nc(I)nc31)[C@H](O)[C@@H]2O. The van der Waals surface area contributed by atoms with E-state index in [1.165, 1.54) is 0 Å². The first-order valence-corrected chi connectivity index (χ1v) is 11.8. The number of aliphatic hydroxyl groups excluding tert-OH is 2. The standard InChI is InChI=1S/C15H21IN5O4P/c1-3-25-26(2,24)5-15-4-7(15)9(10(22)11(15)23)21-6-18-8-12(17)19-14(16)20-13(8)21/h6-7,9-11,22-23H,3-5H2,1-2H3,(H2,17,19,20)/t7-,9-,10+,11+,15-,26?/m1/s1. The second-order valence-corrected chi connectivity index (χ2v) is 10.8. The lowest BCUT2D eigenvalue weighted by molar-refractivity contribution is -0.0134. The van der Waals surface area contributed by atoms with Crippen LogP contribution in [0.25, 0.3) is 11.2 Å². The minimum absolute atomic E-state index is 0.0208. The third-order valence-electron chi connectivity index (χ3n) is 5.58. The molecule has 6 atom stereocenters. The van der Waals surface area contributed by atoms with Crippen LogP contribution in [0.2, 0.25) is 0 Å². The van der Waals surface area contributed by atoms with Gasteiger partial charge in [-0.3, -0.25) is 4.57 Å². The lowest BCUT2D eigenvalue weighted by Crippen LogP contribution is -2.35. The molecule has 142 valence electrons. The maximum atomic E-state index is 12.7. The number of aliphatic hydroxyl groups is 2. The van der Waals surface area contributed by atoms with E-state index >= 15 is 0 Å². The molecule has 4 rings (SSSR count). The zero-order valence-electron chi connectivity index (χ0n) is 14.4. The van der Waals surface area contributed by atoms with Crippen LogP contribution in [0.15, 0.2) is 6.33 Å². The van der Waals surface area contributed by atoms with Crippen LogP contribution in [0, 0.1) is 15.2 Å². The molecule has 2 aliphatic rings. The Balaban J connectivity index is 1.71. The van der Waals surface area contributed by atoms with Gasteiger partial charge >= 0.3 is 0 Å². The first kappa shape index (κ1) is 18.5. The highest BCUT2D eigenvalue weighted by molar-refractivity contribution is 14.1. The van der Waals surface area contributed by atoms with Crippen LogP contribution in [0.4, 0.5) is 5.82 Å². The second-order valence-electron chi connectivity index (χ2n) is 7.26. The quantitative estimate of drug-likeness (QED) is 0.322. The summed E-state index contributed by atoms with van der Waals surface area (Å²) in [5.74, 6) is 0.259. The molecule has 2 aromatic rings. The van der Waals surface area contributed by atoms with Gasteiger partial charge in [-0.15, -0.1) is 0 Å². The minimum Gasteiger partial charge on any atom is -0.390 e. The maximum absolute atomic E-state index is 12.7. The molecule has 0 aliphatic heterocycles. The van der Waals surface area contributed by atoms with E-state index in [1.54, 1.807) is 24.5 Å². The number of nitrogens with zero attached hydrogens (tertiary/aromatic N) is 4. The Hall–Kier alpha value is -0.810. The first-order valence-electron chi connectivity index (χ1n) is 8.43. The van der Waals surface area contributed by atoms with Crippen LogP contribution in [0.1, 0.15) is 19.4 Å². The van der Waals surface area contributed by atoms with E-state index in [1.807, 2.05) is 22.6 Å². The largest absolute Gasteiger partial charge is 0.390 e. The van der Waals surface area contributed by atoms with Crippen molar-refractivity contribution in [3.05, 3.63) is 10.2 Å². The number of halogens is 1. The molecule has 0 radical (unpaired) electrons. The summed E-state index contributed by atoms with van der Waals surface area (Å²) in [7, 11) is -2.84. The van der Waals surface area contributed by atoms with Crippen molar-refractivity contribution in [3.8, 4) is 0 Å². The van der Waals surface area contributed by atoms with Crippen LogP contribution in [-0.2, 0) is 9.09 Å². The van der Waals surface area contributed by atoms with Gasteiger partial charge in [-0.1, -0.05) is 0 Å². The van der Waals surface area contributed by atoms with E-state index in [4.69, 9.17) is 10.3 Å². The molecular weight excluding hydrogens is 472 g/mol. The number of nitrogen functional groups attached to an aromatic ring is 1. The molecule has 0 spiro atoms. The molecule has 1 unspecified atom stereocenters. The highest BCUT2D eigenvalue weighted by atomic mass is 127. The van der Waals surface area contributed by atoms with Crippen LogP contribution >= 0.6 is 30.0 Å². The smallest absolute Gasteiger partial charge is 0.200 e. The van der Waals surface area contributed by atoms with Gasteiger partial charge < -0.3 is 25.0 Å². The third-order valence-corrected chi connectivity index (χ3v) is 8.03. The Kier molecular flexibility index (Phi) is 4.35. The molecule has 4 N–H and O–H groups in total. The first-order chi connectivity index (χ1) is 12.2. The van der Waals surface area contributed by atoms with Gasteiger partial charge in [-0.2, -0.15) is 0 Å². The van der Waals surface area contributed by atoms with Gasteiger partial charge in [0.15, 0.2) is 15.3 Å². The zero-order valence-corrected chi connectivity index (χ0v) is 17.5. The molecule has 0 amide bonds. The summed E-state index contributed by atoms with van der Waals surface area (Å²) in [6, 6.07) is -0.401. The van der Waals surface area contributed by atoms with Crippen molar-refractivity contribution < 1.29 is 19.3 Å².